The van der Waals surface area contributed by atoms with Gasteiger partial charge in [0.25, 0.3) is 0 Å². The van der Waals surface area contributed by atoms with Gasteiger partial charge in [0.15, 0.2) is 28.8 Å². The zero-order chi connectivity index (χ0) is 55.4. The van der Waals surface area contributed by atoms with E-state index in [9.17, 15) is 36.3 Å². The Morgan fingerprint density at radius 2 is 1.23 bits per heavy atom. The van der Waals surface area contributed by atoms with Gasteiger partial charge >= 0.3 is 23.5 Å². The molecule has 0 bridgehead atoms. The number of pyridine rings is 2. The number of rotatable bonds is 14. The molecule has 2 fully saturated rings. The maximum Gasteiger partial charge on any atom is 0.471 e. The fraction of sp³-hybridized carbons (Fsp3) is 0.479. The van der Waals surface area contributed by atoms with Crippen molar-refractivity contribution in [2.75, 3.05) is 50.7 Å². The lowest BCUT2D eigenvalue weighted by Crippen LogP contribution is -2.31. The van der Waals surface area contributed by atoms with Crippen LogP contribution in [0.5, 0.6) is 0 Å². The lowest BCUT2D eigenvalue weighted by Gasteiger charge is -2.22. The predicted molar refractivity (Wildman–Crippen MR) is 283 cm³/mol. The Morgan fingerprint density at radius 1 is 0.727 bits per heavy atom. The summed E-state index contributed by atoms with van der Waals surface area (Å²) in [6.07, 6.45) is 4.63. The molecule has 0 unspecified atom stereocenters. The molecule has 0 spiro atoms. The molecule has 8 aromatic rings. The molecule has 1 amide bonds. The average Bonchev–Trinajstić information content (AvgIpc) is 4.08. The normalized spacial score (nSPS) is 15.0. The van der Waals surface area contributed by atoms with E-state index in [1.165, 1.54) is 27.1 Å². The van der Waals surface area contributed by atoms with Gasteiger partial charge < -0.3 is 34.4 Å². The van der Waals surface area contributed by atoms with E-state index in [0.717, 1.165) is 43.4 Å². The summed E-state index contributed by atoms with van der Waals surface area (Å²) in [4.78, 5) is 62.7. The zero-order valence-corrected chi connectivity index (χ0v) is 46.1. The standard InChI is InChI=1S/C23H30FN7O3Si.C16H25ClN4O3Si.C9H5F4N3O/c1-35(2,3)11-10-34-14-30-17-12-26-21(19-20(25)27-18-5-4-15(24)13-29(18)19)28-22(17)31(23(30)32)16-6-8-33-9-7-16;1-25(2,3)9-8-24-11-20-13-10-18-15(17)19-14(13)21(16(20)22)12-4-6-23-7-5-12;10-5-1-2-7-14-6(4-16(7)3-5)15-8(17)9(11,12)13/h4-5,12-13,16H,6-11,14,25H2,1-3H3;10,12H,4-9,11H2,1-3H3;1-4H,(H,15,17). The van der Waals surface area contributed by atoms with Crippen molar-refractivity contribution >= 4 is 78.9 Å². The molecule has 0 aromatic carbocycles. The lowest BCUT2D eigenvalue weighted by molar-refractivity contribution is -0.167. The fourth-order valence-corrected chi connectivity index (χ4v) is 10.2. The van der Waals surface area contributed by atoms with Crippen LogP contribution < -0.4 is 22.4 Å². The maximum absolute atomic E-state index is 14.0. The second-order valence-corrected chi connectivity index (χ2v) is 32.5. The quantitative estimate of drug-likeness (QED) is 0.0453. The van der Waals surface area contributed by atoms with Crippen LogP contribution >= 0.6 is 11.6 Å². The fourth-order valence-electron chi connectivity index (χ4n) is 8.54. The number of ether oxygens (including phenoxy) is 4. The molecular formula is C48H60ClF5N14O7Si2. The minimum atomic E-state index is -4.99. The van der Waals surface area contributed by atoms with Gasteiger partial charge in [0, 0.05) is 80.3 Å². The van der Waals surface area contributed by atoms with Gasteiger partial charge in [-0.1, -0.05) is 39.3 Å². The number of nitrogens with zero attached hydrogens (tertiary/aromatic N) is 12. The number of nitrogen functional groups attached to an aromatic ring is 1. The van der Waals surface area contributed by atoms with Crippen LogP contribution in [0.2, 0.25) is 56.7 Å². The van der Waals surface area contributed by atoms with Crippen LogP contribution in [0.3, 0.4) is 0 Å². The van der Waals surface area contributed by atoms with Crippen LogP contribution in [0.25, 0.3) is 45.1 Å². The van der Waals surface area contributed by atoms with Gasteiger partial charge in [-0.2, -0.15) is 18.2 Å². The molecule has 77 heavy (non-hydrogen) atoms. The zero-order valence-electron chi connectivity index (χ0n) is 43.3. The number of anilines is 2. The number of nitrogens with one attached hydrogen (secondary N) is 1. The molecule has 0 radical (unpaired) electrons. The highest BCUT2D eigenvalue weighted by molar-refractivity contribution is 6.76. The first kappa shape index (κ1) is 56.8. The van der Waals surface area contributed by atoms with Gasteiger partial charge in [-0.05, 0) is 73.6 Å². The molecule has 29 heteroatoms. The number of hydrogen-bond donors (Lipinski definition) is 2. The number of fused-ring (bicyclic) bond motifs is 4. The Hall–Kier alpha value is -6.44. The third-order valence-corrected chi connectivity index (χ3v) is 16.3. The van der Waals surface area contributed by atoms with Crippen LogP contribution in [-0.2, 0) is 37.2 Å². The van der Waals surface area contributed by atoms with Crippen LogP contribution in [0.15, 0.2) is 64.8 Å². The molecule has 21 nitrogen and oxygen atoms in total. The van der Waals surface area contributed by atoms with Gasteiger partial charge in [0.1, 0.15) is 53.1 Å². The number of amides is 1. The first-order valence-corrected chi connectivity index (χ1v) is 32.6. The molecule has 2 aliphatic heterocycles. The number of halogens is 6. The van der Waals surface area contributed by atoms with Crippen LogP contribution in [0, 0.1) is 11.6 Å². The molecule has 0 saturated carbocycles. The number of nitrogens with two attached hydrogens (primary N) is 1. The Bertz CT molecular complexity index is 3500. The van der Waals surface area contributed by atoms with E-state index in [0.29, 0.717) is 86.2 Å². The minimum Gasteiger partial charge on any atom is -0.382 e. The van der Waals surface area contributed by atoms with Gasteiger partial charge in [-0.25, -0.2) is 43.3 Å². The summed E-state index contributed by atoms with van der Waals surface area (Å²) < 4.78 is 94.5. The summed E-state index contributed by atoms with van der Waals surface area (Å²) >= 11 is 5.97. The lowest BCUT2D eigenvalue weighted by atomic mass is 10.1. The van der Waals surface area contributed by atoms with E-state index in [2.05, 4.69) is 64.2 Å². The van der Waals surface area contributed by atoms with Crippen molar-refractivity contribution in [2.45, 2.75) is 109 Å². The van der Waals surface area contributed by atoms with Crippen molar-refractivity contribution in [1.82, 2.24) is 57.0 Å². The van der Waals surface area contributed by atoms with Gasteiger partial charge in [-0.15, -0.1) is 0 Å². The van der Waals surface area contributed by atoms with Gasteiger partial charge in [-0.3, -0.25) is 27.5 Å². The SMILES string of the molecule is C[Si](C)(C)CCOCn1c(=O)n(C2CCOCC2)c2nc(-c3c(N)nc4ccc(F)cn34)ncc21.C[Si](C)(C)CCOCn1c(=O)n(C2CCOCC2)c2nc(Cl)ncc21.O=C(Nc1cn2cc(F)ccc2n1)C(F)(F)F. The number of alkyl halides is 3. The summed E-state index contributed by atoms with van der Waals surface area (Å²) in [7, 11) is -2.42. The van der Waals surface area contributed by atoms with E-state index in [-0.39, 0.29) is 65.3 Å². The van der Waals surface area contributed by atoms with E-state index >= 15 is 0 Å². The molecule has 3 N–H and O–H groups in total. The van der Waals surface area contributed by atoms with E-state index in [4.69, 9.17) is 41.3 Å². The smallest absolute Gasteiger partial charge is 0.382 e. The topological polar surface area (TPSA) is 232 Å². The first-order valence-electron chi connectivity index (χ1n) is 24.8. The predicted octanol–water partition coefficient (Wildman–Crippen LogP) is 8.18. The Morgan fingerprint density at radius 3 is 1.77 bits per heavy atom. The maximum atomic E-state index is 14.0. The van der Waals surface area contributed by atoms with Crippen molar-refractivity contribution < 1.29 is 45.7 Å². The minimum absolute atomic E-state index is 0.0540. The highest BCUT2D eigenvalue weighted by atomic mass is 35.5. The molecule has 2 aliphatic rings. The van der Waals surface area contributed by atoms with Gasteiger partial charge in [0.2, 0.25) is 5.28 Å². The summed E-state index contributed by atoms with van der Waals surface area (Å²) in [5, 5.41) is 1.72. The van der Waals surface area contributed by atoms with Crippen LogP contribution in [0.1, 0.15) is 37.8 Å². The highest BCUT2D eigenvalue weighted by Crippen LogP contribution is 2.29. The van der Waals surface area contributed by atoms with Crippen molar-refractivity contribution in [1.29, 1.82) is 0 Å². The van der Waals surface area contributed by atoms with Crippen molar-refractivity contribution in [3.63, 3.8) is 0 Å². The van der Waals surface area contributed by atoms with E-state index in [1.54, 1.807) is 42.0 Å². The van der Waals surface area contributed by atoms with E-state index in [1.807, 2.05) is 0 Å². The Labute approximate surface area is 444 Å². The first-order chi connectivity index (χ1) is 36.5. The molecule has 0 atom stereocenters. The third kappa shape index (κ3) is 13.8. The number of hydrogen-bond acceptors (Lipinski definition) is 14. The summed E-state index contributed by atoms with van der Waals surface area (Å²) in [6, 6.07) is 7.32. The number of carbonyl (C=O) groups excluding carboxylic acids is 1. The van der Waals surface area contributed by atoms with E-state index < -0.39 is 39.9 Å². The van der Waals surface area contributed by atoms with Crippen molar-refractivity contribution in [2.24, 2.45) is 0 Å². The number of carbonyl (C=O) groups is 1. The van der Waals surface area contributed by atoms with Crippen LogP contribution in [-0.4, -0.2) is 125 Å². The second kappa shape index (κ2) is 23.7. The molecule has 2 saturated heterocycles. The number of aromatic nitrogens is 12. The third-order valence-electron chi connectivity index (χ3n) is 12.7. The molecule has 10 heterocycles. The average molecular weight is 1130 g/mol. The molecule has 0 aliphatic carbocycles. The Balaban J connectivity index is 0.000000163. The molecule has 10 rings (SSSR count). The Kier molecular flexibility index (Phi) is 17.4. The largest absolute Gasteiger partial charge is 0.471 e. The van der Waals surface area contributed by atoms with Gasteiger partial charge in [0.05, 0.1) is 18.6 Å². The summed E-state index contributed by atoms with van der Waals surface area (Å²) in [5.41, 5.74) is 9.26. The second-order valence-electron chi connectivity index (χ2n) is 20.9. The number of imidazole rings is 4. The summed E-state index contributed by atoms with van der Waals surface area (Å²) in [5.74, 6) is -2.96. The summed E-state index contributed by atoms with van der Waals surface area (Å²) in [6.45, 7) is 17.8. The molecule has 414 valence electrons. The van der Waals surface area contributed by atoms with Crippen molar-refractivity contribution in [3.05, 3.63) is 93.1 Å². The van der Waals surface area contributed by atoms with Crippen molar-refractivity contribution in [3.8, 4) is 11.5 Å². The molecular weight excluding hydrogens is 1070 g/mol. The monoisotopic (exact) mass is 1130 g/mol. The molecule has 8 aromatic heterocycles. The van der Waals surface area contributed by atoms with Crippen LogP contribution in [0.4, 0.5) is 33.6 Å². The highest BCUT2D eigenvalue weighted by Gasteiger charge is 2.39.